The van der Waals surface area contributed by atoms with Crippen molar-refractivity contribution in [2.75, 3.05) is 14.2 Å². The van der Waals surface area contributed by atoms with Crippen LogP contribution in [0, 0.1) is 13.8 Å². The second-order valence-corrected chi connectivity index (χ2v) is 6.63. The van der Waals surface area contributed by atoms with Gasteiger partial charge in [0.1, 0.15) is 5.58 Å². The number of methoxy groups -OCH3 is 2. The maximum absolute atomic E-state index is 13.2. The summed E-state index contributed by atoms with van der Waals surface area (Å²) in [6.45, 7) is 3.88. The summed E-state index contributed by atoms with van der Waals surface area (Å²) in [6.07, 6.45) is 0. The van der Waals surface area contributed by atoms with Gasteiger partial charge in [0.2, 0.25) is 5.76 Å². The summed E-state index contributed by atoms with van der Waals surface area (Å²) in [6, 6.07) is 8.30. The summed E-state index contributed by atoms with van der Waals surface area (Å²) in [7, 11) is 3.09. The van der Waals surface area contributed by atoms with Crippen LogP contribution in [0.5, 0.6) is 11.5 Å². The molecule has 2 aromatic carbocycles. The van der Waals surface area contributed by atoms with Crippen LogP contribution in [0.1, 0.15) is 38.9 Å². The highest BCUT2D eigenvalue weighted by Crippen LogP contribution is 2.35. The smallest absolute Gasteiger partial charge is 0.288 e. The molecule has 0 saturated carbocycles. The molecule has 1 aliphatic rings. The molecule has 2 heterocycles. The third kappa shape index (κ3) is 2.56. The molecular formula is C21H19NO5. The molecule has 3 aromatic rings. The number of hydrogen-bond acceptors (Lipinski definition) is 5. The summed E-state index contributed by atoms with van der Waals surface area (Å²) in [5, 5.41) is 3.31. The van der Waals surface area contributed by atoms with Crippen molar-refractivity contribution in [3.8, 4) is 11.5 Å². The number of carbonyl (C=O) groups excluding carboxylic acids is 1. The second kappa shape index (κ2) is 6.16. The van der Waals surface area contributed by atoms with E-state index < -0.39 is 11.9 Å². The van der Waals surface area contributed by atoms with Crippen molar-refractivity contribution in [2.45, 2.75) is 19.9 Å². The summed E-state index contributed by atoms with van der Waals surface area (Å²) >= 11 is 0. The van der Waals surface area contributed by atoms with Gasteiger partial charge >= 0.3 is 0 Å². The van der Waals surface area contributed by atoms with Crippen LogP contribution in [0.4, 0.5) is 0 Å². The molecule has 0 aliphatic carbocycles. The van der Waals surface area contributed by atoms with Crippen LogP contribution in [-0.2, 0) is 0 Å². The largest absolute Gasteiger partial charge is 0.493 e. The lowest BCUT2D eigenvalue weighted by Gasteiger charge is -2.15. The van der Waals surface area contributed by atoms with Gasteiger partial charge in [-0.15, -0.1) is 0 Å². The standard InChI is InChI=1S/C21H19NO5/c1-10-7-13-15(8-11(10)2)27-20-17(19(13)23)18(22-21(20)24)12-5-6-14(25-3)16(9-12)26-4/h5-9,18H,1-4H3,(H,22,24). The summed E-state index contributed by atoms with van der Waals surface area (Å²) in [5.74, 6) is 0.759. The number of benzene rings is 2. The molecule has 0 radical (unpaired) electrons. The molecule has 1 N–H and O–H groups in total. The van der Waals surface area contributed by atoms with Crippen molar-refractivity contribution in [2.24, 2.45) is 0 Å². The summed E-state index contributed by atoms with van der Waals surface area (Å²) in [5.41, 5.74) is 3.26. The van der Waals surface area contributed by atoms with Crippen LogP contribution in [-0.4, -0.2) is 20.1 Å². The molecule has 6 heteroatoms. The van der Waals surface area contributed by atoms with Gasteiger partial charge in [-0.2, -0.15) is 0 Å². The minimum Gasteiger partial charge on any atom is -0.493 e. The molecule has 1 atom stereocenters. The van der Waals surface area contributed by atoms with Gasteiger partial charge in [-0.05, 0) is 54.8 Å². The highest BCUT2D eigenvalue weighted by atomic mass is 16.5. The Morgan fingerprint density at radius 2 is 1.67 bits per heavy atom. The van der Waals surface area contributed by atoms with E-state index in [1.54, 1.807) is 31.4 Å². The van der Waals surface area contributed by atoms with E-state index in [2.05, 4.69) is 5.32 Å². The fraction of sp³-hybridized carbons (Fsp3) is 0.238. The zero-order chi connectivity index (χ0) is 19.3. The molecule has 1 aromatic heterocycles. The molecule has 138 valence electrons. The molecule has 1 amide bonds. The first-order chi connectivity index (χ1) is 12.9. The molecule has 1 unspecified atom stereocenters. The highest BCUT2D eigenvalue weighted by molar-refractivity contribution is 5.99. The van der Waals surface area contributed by atoms with Gasteiger partial charge < -0.3 is 19.2 Å². The maximum atomic E-state index is 13.2. The van der Waals surface area contributed by atoms with Crippen LogP contribution < -0.4 is 20.2 Å². The van der Waals surface area contributed by atoms with Crippen molar-refractivity contribution in [3.05, 3.63) is 68.6 Å². The molecule has 1 aliphatic heterocycles. The predicted molar refractivity (Wildman–Crippen MR) is 101 cm³/mol. The Bertz CT molecular complexity index is 1150. The van der Waals surface area contributed by atoms with Crippen LogP contribution >= 0.6 is 0 Å². The Hall–Kier alpha value is -3.28. The van der Waals surface area contributed by atoms with Crippen LogP contribution in [0.3, 0.4) is 0 Å². The molecule has 27 heavy (non-hydrogen) atoms. The Morgan fingerprint density at radius 3 is 2.37 bits per heavy atom. The van der Waals surface area contributed by atoms with Gasteiger partial charge in [0.25, 0.3) is 5.91 Å². The van der Waals surface area contributed by atoms with E-state index in [0.717, 1.165) is 16.7 Å². The Kier molecular flexibility index (Phi) is 3.91. The fourth-order valence-corrected chi connectivity index (χ4v) is 3.45. The van der Waals surface area contributed by atoms with Crippen molar-refractivity contribution >= 4 is 16.9 Å². The minimum absolute atomic E-state index is 0.0653. The van der Waals surface area contributed by atoms with Gasteiger partial charge in [0, 0.05) is 0 Å². The zero-order valence-corrected chi connectivity index (χ0v) is 15.5. The van der Waals surface area contributed by atoms with Crippen molar-refractivity contribution in [1.29, 1.82) is 0 Å². The lowest BCUT2D eigenvalue weighted by atomic mass is 9.98. The number of rotatable bonds is 3. The third-order valence-corrected chi connectivity index (χ3v) is 5.05. The predicted octanol–water partition coefficient (Wildman–Crippen LogP) is 3.26. The van der Waals surface area contributed by atoms with E-state index in [0.29, 0.717) is 28.0 Å². The van der Waals surface area contributed by atoms with Gasteiger partial charge in [-0.25, -0.2) is 0 Å². The Balaban J connectivity index is 1.94. The van der Waals surface area contributed by atoms with E-state index in [9.17, 15) is 9.59 Å². The Labute approximate surface area is 155 Å². The van der Waals surface area contributed by atoms with Gasteiger partial charge in [0.15, 0.2) is 16.9 Å². The number of hydrogen-bond donors (Lipinski definition) is 1. The topological polar surface area (TPSA) is 77.8 Å². The molecular weight excluding hydrogens is 346 g/mol. The maximum Gasteiger partial charge on any atom is 0.288 e. The summed E-state index contributed by atoms with van der Waals surface area (Å²) in [4.78, 5) is 25.7. The van der Waals surface area contributed by atoms with E-state index in [1.807, 2.05) is 19.9 Å². The van der Waals surface area contributed by atoms with Crippen LogP contribution in [0.2, 0.25) is 0 Å². The van der Waals surface area contributed by atoms with Crippen molar-refractivity contribution < 1.29 is 18.7 Å². The zero-order valence-electron chi connectivity index (χ0n) is 15.5. The SMILES string of the molecule is COc1ccc(C2NC(=O)c3oc4cc(C)c(C)cc4c(=O)c32)cc1OC. The van der Waals surface area contributed by atoms with E-state index in [4.69, 9.17) is 13.9 Å². The summed E-state index contributed by atoms with van der Waals surface area (Å²) < 4.78 is 16.4. The third-order valence-electron chi connectivity index (χ3n) is 5.05. The number of aryl methyl sites for hydroxylation is 2. The average molecular weight is 365 g/mol. The average Bonchev–Trinajstić information content (AvgIpc) is 3.00. The quantitative estimate of drug-likeness (QED) is 0.771. The second-order valence-electron chi connectivity index (χ2n) is 6.63. The van der Waals surface area contributed by atoms with Crippen molar-refractivity contribution in [3.63, 3.8) is 0 Å². The van der Waals surface area contributed by atoms with Gasteiger partial charge in [0.05, 0.1) is 31.2 Å². The van der Waals surface area contributed by atoms with E-state index in [1.165, 1.54) is 7.11 Å². The molecule has 6 nitrogen and oxygen atoms in total. The lowest BCUT2D eigenvalue weighted by molar-refractivity contribution is 0.0938. The first-order valence-corrected chi connectivity index (χ1v) is 8.55. The minimum atomic E-state index is -0.602. The fourth-order valence-electron chi connectivity index (χ4n) is 3.45. The number of carbonyl (C=O) groups is 1. The van der Waals surface area contributed by atoms with Crippen LogP contribution in [0.25, 0.3) is 11.0 Å². The molecule has 4 rings (SSSR count). The highest BCUT2D eigenvalue weighted by Gasteiger charge is 2.36. The van der Waals surface area contributed by atoms with E-state index >= 15 is 0 Å². The van der Waals surface area contributed by atoms with Gasteiger partial charge in [-0.3, -0.25) is 9.59 Å². The normalized spacial score (nSPS) is 15.6. The lowest BCUT2D eigenvalue weighted by Crippen LogP contribution is -2.22. The molecule has 0 bridgehead atoms. The first kappa shape index (κ1) is 17.1. The molecule has 0 fully saturated rings. The molecule has 0 saturated heterocycles. The number of amides is 1. The molecule has 0 spiro atoms. The van der Waals surface area contributed by atoms with Gasteiger partial charge in [-0.1, -0.05) is 6.07 Å². The Morgan fingerprint density at radius 1 is 0.963 bits per heavy atom. The monoisotopic (exact) mass is 365 g/mol. The number of ether oxygens (including phenoxy) is 2. The first-order valence-electron chi connectivity index (χ1n) is 8.55. The number of fused-ring (bicyclic) bond motifs is 2. The number of nitrogens with one attached hydrogen (secondary N) is 1. The van der Waals surface area contributed by atoms with Crippen LogP contribution in [0.15, 0.2) is 39.5 Å². The van der Waals surface area contributed by atoms with E-state index in [-0.39, 0.29) is 11.2 Å². The van der Waals surface area contributed by atoms with Crippen molar-refractivity contribution in [1.82, 2.24) is 5.32 Å².